The van der Waals surface area contributed by atoms with E-state index in [0.29, 0.717) is 5.92 Å². The molecule has 0 bridgehead atoms. The Hall–Kier alpha value is -1.93. The summed E-state index contributed by atoms with van der Waals surface area (Å²) in [7, 11) is 0. The average molecular weight is 372 g/mol. The van der Waals surface area contributed by atoms with Crippen LogP contribution < -0.4 is 9.80 Å². The smallest absolute Gasteiger partial charge is 0.225 e. The van der Waals surface area contributed by atoms with Crippen LogP contribution in [0.2, 0.25) is 0 Å². The second-order valence-corrected chi connectivity index (χ2v) is 7.32. The van der Waals surface area contributed by atoms with Crippen LogP contribution in [0.4, 0.5) is 11.8 Å². The van der Waals surface area contributed by atoms with Crippen molar-refractivity contribution < 1.29 is 4.74 Å². The third-order valence-electron chi connectivity index (χ3n) is 4.97. The molecule has 0 amide bonds. The lowest BCUT2D eigenvalue weighted by Gasteiger charge is -2.35. The Morgan fingerprint density at radius 2 is 1.69 bits per heavy atom. The van der Waals surface area contributed by atoms with E-state index in [1.165, 1.54) is 0 Å². The number of anilines is 2. The van der Waals surface area contributed by atoms with Crippen LogP contribution in [-0.2, 0) is 4.74 Å². The fraction of sp³-hybridized carbons (Fsp3) is 0.556. The summed E-state index contributed by atoms with van der Waals surface area (Å²) >= 11 is 1.61. The zero-order valence-corrected chi connectivity index (χ0v) is 15.9. The van der Waals surface area contributed by atoms with Crippen LogP contribution in [0.15, 0.2) is 29.7 Å². The van der Waals surface area contributed by atoms with Gasteiger partial charge in [0.15, 0.2) is 5.16 Å². The Labute approximate surface area is 158 Å². The van der Waals surface area contributed by atoms with Gasteiger partial charge in [-0.3, -0.25) is 0 Å². The molecule has 0 saturated carbocycles. The number of thioether (sulfide) groups is 1. The molecular weight excluding hydrogens is 348 g/mol. The maximum Gasteiger partial charge on any atom is 0.225 e. The largest absolute Gasteiger partial charge is 0.381 e. The van der Waals surface area contributed by atoms with Crippen molar-refractivity contribution in [3.63, 3.8) is 0 Å². The summed E-state index contributed by atoms with van der Waals surface area (Å²) < 4.78 is 5.50. The quantitative estimate of drug-likeness (QED) is 0.598. The minimum absolute atomic E-state index is 0.482. The molecule has 7 nitrogen and oxygen atoms in total. The molecule has 0 N–H and O–H groups in total. The first-order valence-corrected chi connectivity index (χ1v) is 10.3. The van der Waals surface area contributed by atoms with Crippen molar-refractivity contribution in [3.05, 3.63) is 30.2 Å². The second kappa shape index (κ2) is 8.18. The lowest BCUT2D eigenvalue weighted by atomic mass is 9.96. The summed E-state index contributed by atoms with van der Waals surface area (Å²) in [6.45, 7) is 5.28. The molecule has 0 atom stereocenters. The van der Waals surface area contributed by atoms with Gasteiger partial charge in [0.2, 0.25) is 5.95 Å². The van der Waals surface area contributed by atoms with Gasteiger partial charge in [-0.05, 0) is 25.2 Å². The van der Waals surface area contributed by atoms with E-state index in [1.54, 1.807) is 24.2 Å². The van der Waals surface area contributed by atoms with E-state index >= 15 is 0 Å². The average Bonchev–Trinajstić information content (AvgIpc) is 2.75. The first kappa shape index (κ1) is 17.5. The Bertz CT molecular complexity index is 717. The highest BCUT2D eigenvalue weighted by molar-refractivity contribution is 7.98. The second-order valence-electron chi connectivity index (χ2n) is 6.55. The maximum absolute atomic E-state index is 5.50. The number of hydrogen-bond acceptors (Lipinski definition) is 8. The summed E-state index contributed by atoms with van der Waals surface area (Å²) in [4.78, 5) is 22.8. The van der Waals surface area contributed by atoms with Gasteiger partial charge >= 0.3 is 0 Å². The van der Waals surface area contributed by atoms with Crippen LogP contribution in [0.3, 0.4) is 0 Å². The van der Waals surface area contributed by atoms with E-state index in [-0.39, 0.29) is 0 Å². The highest BCUT2D eigenvalue weighted by Gasteiger charge is 2.23. The third kappa shape index (κ3) is 3.91. The van der Waals surface area contributed by atoms with Crippen molar-refractivity contribution in [1.82, 2.24) is 19.9 Å². The summed E-state index contributed by atoms with van der Waals surface area (Å²) in [5.41, 5.74) is 1.16. The molecule has 0 aliphatic carbocycles. The third-order valence-corrected chi connectivity index (χ3v) is 5.52. The van der Waals surface area contributed by atoms with Crippen LogP contribution in [0.5, 0.6) is 0 Å². The summed E-state index contributed by atoms with van der Waals surface area (Å²) in [5.74, 6) is 2.33. The summed E-state index contributed by atoms with van der Waals surface area (Å²) in [6.07, 6.45) is 7.72. The molecule has 2 fully saturated rings. The first-order chi connectivity index (χ1) is 12.8. The van der Waals surface area contributed by atoms with Gasteiger partial charge in [0.1, 0.15) is 5.82 Å². The number of piperazine rings is 1. The molecule has 0 aromatic carbocycles. The topological polar surface area (TPSA) is 67.3 Å². The number of aromatic nitrogens is 4. The Morgan fingerprint density at radius 3 is 2.38 bits per heavy atom. The molecule has 138 valence electrons. The monoisotopic (exact) mass is 372 g/mol. The maximum atomic E-state index is 5.50. The van der Waals surface area contributed by atoms with Gasteiger partial charge in [-0.15, -0.1) is 0 Å². The van der Waals surface area contributed by atoms with E-state index < -0.39 is 0 Å². The van der Waals surface area contributed by atoms with Crippen LogP contribution in [0.25, 0.3) is 0 Å². The predicted molar refractivity (Wildman–Crippen MR) is 103 cm³/mol. The highest BCUT2D eigenvalue weighted by Crippen LogP contribution is 2.29. The van der Waals surface area contributed by atoms with Gasteiger partial charge in [-0.1, -0.05) is 11.8 Å². The van der Waals surface area contributed by atoms with E-state index in [9.17, 15) is 0 Å². The molecule has 2 aromatic heterocycles. The van der Waals surface area contributed by atoms with Crippen LogP contribution >= 0.6 is 11.8 Å². The van der Waals surface area contributed by atoms with Crippen molar-refractivity contribution >= 4 is 23.5 Å². The van der Waals surface area contributed by atoms with Gasteiger partial charge < -0.3 is 14.5 Å². The molecule has 0 unspecified atom stereocenters. The normalized spacial score (nSPS) is 19.0. The van der Waals surface area contributed by atoms with E-state index in [2.05, 4.69) is 25.8 Å². The van der Waals surface area contributed by atoms with Crippen LogP contribution in [0.1, 0.15) is 24.5 Å². The Kier molecular flexibility index (Phi) is 5.50. The zero-order valence-electron chi connectivity index (χ0n) is 15.0. The number of rotatable bonds is 4. The molecule has 8 heteroatoms. The van der Waals surface area contributed by atoms with Crippen molar-refractivity contribution in [2.24, 2.45) is 0 Å². The van der Waals surface area contributed by atoms with Gasteiger partial charge in [0.05, 0.1) is 5.69 Å². The molecule has 2 saturated heterocycles. The zero-order chi connectivity index (χ0) is 17.8. The van der Waals surface area contributed by atoms with Gasteiger partial charge in [-0.2, -0.15) is 0 Å². The minimum atomic E-state index is 0.482. The molecule has 0 spiro atoms. The fourth-order valence-electron chi connectivity index (χ4n) is 3.48. The van der Waals surface area contributed by atoms with Gasteiger partial charge in [0.25, 0.3) is 0 Å². The van der Waals surface area contributed by atoms with Gasteiger partial charge in [-0.25, -0.2) is 19.9 Å². The van der Waals surface area contributed by atoms with Crippen LogP contribution in [-0.4, -0.2) is 65.6 Å². The van der Waals surface area contributed by atoms with Crippen LogP contribution in [0, 0.1) is 0 Å². The molecule has 2 aliphatic rings. The van der Waals surface area contributed by atoms with Gasteiger partial charge in [0, 0.05) is 63.8 Å². The molecular formula is C18H24N6OS. The first-order valence-electron chi connectivity index (χ1n) is 9.11. The molecule has 4 rings (SSSR count). The lowest BCUT2D eigenvalue weighted by molar-refractivity contribution is 0.0843. The SMILES string of the molecule is CSc1nc(C2CCOCC2)cc(N2CCN(c3ncccn3)CC2)n1. The van der Waals surface area contributed by atoms with Crippen molar-refractivity contribution in [1.29, 1.82) is 0 Å². The molecule has 2 aliphatic heterocycles. The van der Waals surface area contributed by atoms with Crippen molar-refractivity contribution in [3.8, 4) is 0 Å². The minimum Gasteiger partial charge on any atom is -0.381 e. The number of ether oxygens (including phenoxy) is 1. The molecule has 0 radical (unpaired) electrons. The molecule has 26 heavy (non-hydrogen) atoms. The standard InChI is InChI=1S/C18H24N6OS/c1-26-18-21-15(14-3-11-25-12-4-14)13-16(22-18)23-7-9-24(10-8-23)17-19-5-2-6-20-17/h2,5-6,13-14H,3-4,7-12H2,1H3. The molecule has 2 aromatic rings. The Balaban J connectivity index is 1.49. The highest BCUT2D eigenvalue weighted by atomic mass is 32.2. The fourth-order valence-corrected chi connectivity index (χ4v) is 3.86. The van der Waals surface area contributed by atoms with E-state index in [4.69, 9.17) is 14.7 Å². The van der Waals surface area contributed by atoms with Crippen molar-refractivity contribution in [2.45, 2.75) is 23.9 Å². The number of nitrogens with zero attached hydrogens (tertiary/aromatic N) is 6. The van der Waals surface area contributed by atoms with E-state index in [1.807, 2.05) is 12.3 Å². The van der Waals surface area contributed by atoms with E-state index in [0.717, 1.165) is 74.9 Å². The number of hydrogen-bond donors (Lipinski definition) is 0. The van der Waals surface area contributed by atoms with Crippen molar-refractivity contribution in [2.75, 3.05) is 55.4 Å². The Morgan fingerprint density at radius 1 is 1.00 bits per heavy atom. The molecule has 4 heterocycles. The summed E-state index contributed by atoms with van der Waals surface area (Å²) in [5, 5.41) is 0.859. The lowest BCUT2D eigenvalue weighted by Crippen LogP contribution is -2.47. The predicted octanol–water partition coefficient (Wildman–Crippen LogP) is 2.21. The summed E-state index contributed by atoms with van der Waals surface area (Å²) in [6, 6.07) is 4.03.